The van der Waals surface area contributed by atoms with Gasteiger partial charge >= 0.3 is 12.1 Å². The smallest absolute Gasteiger partial charge is 0.408 e. The number of amides is 1. The number of ether oxygens (including phenoxy) is 1. The van der Waals surface area contributed by atoms with E-state index in [2.05, 4.69) is 5.32 Å². The molecule has 1 aliphatic rings. The summed E-state index contributed by atoms with van der Waals surface area (Å²) in [5.41, 5.74) is -0.326. The summed E-state index contributed by atoms with van der Waals surface area (Å²) >= 11 is 0. The molecule has 2 atom stereocenters. The molecular weight excluding hydrogens is 391 g/mol. The Kier molecular flexibility index (Phi) is 6.56. The maximum atomic E-state index is 13.7. The zero-order valence-corrected chi connectivity index (χ0v) is 16.7. The summed E-state index contributed by atoms with van der Waals surface area (Å²) < 4.78 is 19.3. The molecule has 3 rings (SSSR count). The third-order valence-electron chi connectivity index (χ3n) is 5.61. The number of carboxylic acids is 1. The number of hydrogen-bond acceptors (Lipinski definition) is 4. The first-order valence-electron chi connectivity index (χ1n) is 9.75. The molecule has 1 fully saturated rings. The van der Waals surface area contributed by atoms with Gasteiger partial charge in [-0.15, -0.1) is 0 Å². The van der Waals surface area contributed by atoms with E-state index in [1.807, 2.05) is 0 Å². The molecule has 7 nitrogen and oxygen atoms in total. The molecule has 0 aromatic heterocycles. The minimum absolute atomic E-state index is 0.0723. The van der Waals surface area contributed by atoms with Crippen LogP contribution in [-0.2, 0) is 11.4 Å². The van der Waals surface area contributed by atoms with Gasteiger partial charge in [0.1, 0.15) is 23.7 Å². The van der Waals surface area contributed by atoms with Crippen molar-refractivity contribution in [1.29, 1.82) is 0 Å². The van der Waals surface area contributed by atoms with Crippen LogP contribution in [0.5, 0.6) is 5.75 Å². The molecule has 0 aliphatic carbocycles. The van der Waals surface area contributed by atoms with Gasteiger partial charge in [0.25, 0.3) is 0 Å². The second-order valence-electron chi connectivity index (χ2n) is 7.35. The van der Waals surface area contributed by atoms with Gasteiger partial charge in [-0.2, -0.15) is 0 Å². The van der Waals surface area contributed by atoms with Crippen LogP contribution in [0.25, 0.3) is 0 Å². The zero-order chi connectivity index (χ0) is 21.7. The number of benzene rings is 2. The van der Waals surface area contributed by atoms with Crippen molar-refractivity contribution in [3.63, 3.8) is 0 Å². The van der Waals surface area contributed by atoms with Crippen molar-refractivity contribution in [2.45, 2.75) is 37.5 Å². The molecule has 8 heteroatoms. The third-order valence-corrected chi connectivity index (χ3v) is 5.61. The summed E-state index contributed by atoms with van der Waals surface area (Å²) in [6.07, 6.45) is -0.411. The lowest BCUT2D eigenvalue weighted by atomic mass is 9.92. The summed E-state index contributed by atoms with van der Waals surface area (Å²) in [4.78, 5) is 25.1. The Labute approximate surface area is 174 Å². The van der Waals surface area contributed by atoms with Crippen LogP contribution in [0.2, 0.25) is 0 Å². The van der Waals surface area contributed by atoms with Crippen molar-refractivity contribution in [2.24, 2.45) is 0 Å². The Morgan fingerprint density at radius 3 is 2.50 bits per heavy atom. The van der Waals surface area contributed by atoms with Crippen LogP contribution in [0, 0.1) is 5.82 Å². The van der Waals surface area contributed by atoms with Crippen molar-refractivity contribution in [2.75, 3.05) is 13.6 Å². The average molecular weight is 416 g/mol. The van der Waals surface area contributed by atoms with Gasteiger partial charge in [-0.05, 0) is 56.6 Å². The first-order chi connectivity index (χ1) is 14.4. The summed E-state index contributed by atoms with van der Waals surface area (Å²) in [6.45, 7) is 0.467. The number of nitrogens with one attached hydrogen (secondary N) is 1. The summed E-state index contributed by atoms with van der Waals surface area (Å²) in [5, 5.41) is 22.5. The Balaban J connectivity index is 1.77. The van der Waals surface area contributed by atoms with Crippen LogP contribution in [-0.4, -0.2) is 46.3 Å². The Bertz CT molecular complexity index is 905. The van der Waals surface area contributed by atoms with Gasteiger partial charge < -0.3 is 20.3 Å². The lowest BCUT2D eigenvalue weighted by molar-refractivity contribution is -0.149. The quantitative estimate of drug-likeness (QED) is 0.608. The molecule has 0 saturated carbocycles. The number of carboxylic acid groups (broad SMARTS) is 2. The Morgan fingerprint density at radius 1 is 1.20 bits per heavy atom. The summed E-state index contributed by atoms with van der Waals surface area (Å²) in [6, 6.07) is 12.6. The molecule has 0 radical (unpaired) electrons. The number of likely N-dealkylation sites (tertiary alicyclic amines) is 1. The van der Waals surface area contributed by atoms with Crippen molar-refractivity contribution < 1.29 is 28.9 Å². The number of rotatable bonds is 8. The zero-order valence-electron chi connectivity index (χ0n) is 16.7. The Morgan fingerprint density at radius 2 is 1.90 bits per heavy atom. The predicted molar refractivity (Wildman–Crippen MR) is 108 cm³/mol. The van der Waals surface area contributed by atoms with Crippen molar-refractivity contribution in [3.05, 3.63) is 65.5 Å². The molecule has 0 unspecified atom stereocenters. The van der Waals surface area contributed by atoms with E-state index in [1.165, 1.54) is 6.07 Å². The van der Waals surface area contributed by atoms with Crippen LogP contribution in [0.15, 0.2) is 48.5 Å². The van der Waals surface area contributed by atoms with E-state index in [0.29, 0.717) is 29.8 Å². The number of hydrogen-bond donors (Lipinski definition) is 3. The fourth-order valence-electron chi connectivity index (χ4n) is 4.01. The second-order valence-corrected chi connectivity index (χ2v) is 7.35. The van der Waals surface area contributed by atoms with Crippen molar-refractivity contribution >= 4 is 12.1 Å². The lowest BCUT2D eigenvalue weighted by Gasteiger charge is -2.36. The molecule has 2 aromatic carbocycles. The van der Waals surface area contributed by atoms with Gasteiger partial charge in [-0.3, -0.25) is 4.90 Å². The predicted octanol–water partition coefficient (Wildman–Crippen LogP) is 3.65. The van der Waals surface area contributed by atoms with Gasteiger partial charge in [0.2, 0.25) is 0 Å². The van der Waals surface area contributed by atoms with E-state index in [-0.39, 0.29) is 25.3 Å². The van der Waals surface area contributed by atoms with Crippen molar-refractivity contribution in [1.82, 2.24) is 10.2 Å². The largest absolute Gasteiger partial charge is 0.489 e. The van der Waals surface area contributed by atoms with Crippen molar-refractivity contribution in [3.8, 4) is 5.75 Å². The standard InChI is InChI=1S/C22H25FN2O5/c1-24-13-12-22(20(26)27)11-10-19(25(22)21(28)29)15-6-8-17(9-7-15)30-14-16-4-2-3-5-18(16)23/h2-9,19,24H,10-14H2,1H3,(H,26,27)(H,28,29)/t19-,22-/m1/s1. The normalized spacial score (nSPS) is 20.9. The van der Waals surface area contributed by atoms with Gasteiger partial charge in [0.05, 0.1) is 6.04 Å². The molecule has 0 bridgehead atoms. The topological polar surface area (TPSA) is 99.1 Å². The molecule has 0 spiro atoms. The second kappa shape index (κ2) is 9.13. The van der Waals surface area contributed by atoms with E-state index in [9.17, 15) is 24.2 Å². The van der Waals surface area contributed by atoms with Crippen LogP contribution in [0.4, 0.5) is 9.18 Å². The molecule has 3 N–H and O–H groups in total. The van der Waals surface area contributed by atoms with Crippen LogP contribution < -0.4 is 10.1 Å². The van der Waals surface area contributed by atoms with Gasteiger partial charge in [-0.25, -0.2) is 14.0 Å². The van der Waals surface area contributed by atoms with E-state index in [4.69, 9.17) is 4.74 Å². The van der Waals surface area contributed by atoms with Gasteiger partial charge in [0, 0.05) is 5.56 Å². The number of halogens is 1. The monoisotopic (exact) mass is 416 g/mol. The summed E-state index contributed by atoms with van der Waals surface area (Å²) in [5.74, 6) is -0.960. The highest BCUT2D eigenvalue weighted by Gasteiger charge is 2.54. The first-order valence-corrected chi connectivity index (χ1v) is 9.75. The minimum atomic E-state index is -1.46. The highest BCUT2D eigenvalue weighted by atomic mass is 19.1. The lowest BCUT2D eigenvalue weighted by Crippen LogP contribution is -2.54. The third kappa shape index (κ3) is 4.23. The molecule has 1 amide bonds. The first kappa shape index (κ1) is 21.6. The maximum Gasteiger partial charge on any atom is 0.408 e. The van der Waals surface area contributed by atoms with Gasteiger partial charge in [0.15, 0.2) is 0 Å². The van der Waals surface area contributed by atoms with Crippen LogP contribution in [0.3, 0.4) is 0 Å². The minimum Gasteiger partial charge on any atom is -0.489 e. The highest BCUT2D eigenvalue weighted by Crippen LogP contribution is 2.45. The Hall–Kier alpha value is -3.13. The van der Waals surface area contributed by atoms with Crippen LogP contribution in [0.1, 0.15) is 36.4 Å². The molecule has 1 saturated heterocycles. The molecule has 160 valence electrons. The van der Waals surface area contributed by atoms with E-state index in [1.54, 1.807) is 49.5 Å². The molecule has 1 aliphatic heterocycles. The maximum absolute atomic E-state index is 13.7. The van der Waals surface area contributed by atoms with E-state index < -0.39 is 23.6 Å². The van der Waals surface area contributed by atoms with Crippen LogP contribution >= 0.6 is 0 Å². The summed E-state index contributed by atoms with van der Waals surface area (Å²) in [7, 11) is 1.70. The molecule has 2 aromatic rings. The fourth-order valence-corrected chi connectivity index (χ4v) is 4.01. The molecular formula is C22H25FN2O5. The molecule has 1 heterocycles. The van der Waals surface area contributed by atoms with Gasteiger partial charge in [-0.1, -0.05) is 30.3 Å². The average Bonchev–Trinajstić information content (AvgIpc) is 3.13. The molecule has 30 heavy (non-hydrogen) atoms. The van der Waals surface area contributed by atoms with E-state index in [0.717, 1.165) is 4.90 Å². The SMILES string of the molecule is CNCC[C@@]1(C(=O)O)CC[C@H](c2ccc(OCc3ccccc3F)cc2)N1C(=O)O. The highest BCUT2D eigenvalue weighted by molar-refractivity contribution is 5.85. The number of carbonyl (C=O) groups is 2. The van der Waals surface area contributed by atoms with E-state index >= 15 is 0 Å². The number of aliphatic carboxylic acids is 1. The number of nitrogens with zero attached hydrogens (tertiary/aromatic N) is 1. The fraction of sp³-hybridized carbons (Fsp3) is 0.364.